The lowest BCUT2D eigenvalue weighted by Gasteiger charge is -2.27. The maximum atomic E-state index is 12.8. The lowest BCUT2D eigenvalue weighted by atomic mass is 10.2. The first kappa shape index (κ1) is 18.9. The Morgan fingerprint density at radius 1 is 1.18 bits per heavy atom. The number of hydrogen-bond donors (Lipinski definition) is 1. The highest BCUT2D eigenvalue weighted by atomic mass is 16.5. The van der Waals surface area contributed by atoms with Crippen molar-refractivity contribution in [2.45, 2.75) is 31.9 Å². The van der Waals surface area contributed by atoms with Gasteiger partial charge in [-0.25, -0.2) is 4.98 Å². The fourth-order valence-electron chi connectivity index (χ4n) is 3.74. The van der Waals surface area contributed by atoms with Gasteiger partial charge in [0.2, 0.25) is 11.8 Å². The summed E-state index contributed by atoms with van der Waals surface area (Å²) >= 11 is 0. The van der Waals surface area contributed by atoms with E-state index in [2.05, 4.69) is 5.32 Å². The maximum absolute atomic E-state index is 12.8. The van der Waals surface area contributed by atoms with Crippen LogP contribution in [0.3, 0.4) is 0 Å². The molecular weight excluding hydrogens is 360 g/mol. The molecule has 3 heterocycles. The molecule has 2 fully saturated rings. The van der Waals surface area contributed by atoms with Crippen molar-refractivity contribution in [1.82, 2.24) is 19.8 Å². The average Bonchev–Trinajstić information content (AvgIpc) is 3.38. The van der Waals surface area contributed by atoms with E-state index in [1.807, 2.05) is 33.7 Å². The van der Waals surface area contributed by atoms with Gasteiger partial charge >= 0.3 is 0 Å². The first-order chi connectivity index (χ1) is 13.7. The third kappa shape index (κ3) is 4.18. The lowest BCUT2D eigenvalue weighted by Crippen LogP contribution is -2.42. The van der Waals surface area contributed by atoms with Crippen LogP contribution < -0.4 is 5.32 Å². The van der Waals surface area contributed by atoms with Gasteiger partial charge in [0.15, 0.2) is 0 Å². The number of morpholine rings is 1. The van der Waals surface area contributed by atoms with Gasteiger partial charge in [0.05, 0.1) is 24.2 Å². The van der Waals surface area contributed by atoms with Crippen LogP contribution in [-0.4, -0.2) is 71.8 Å². The molecule has 4 rings (SSSR count). The molecule has 8 nitrogen and oxygen atoms in total. The molecule has 1 unspecified atom stereocenters. The third-order valence-electron chi connectivity index (χ3n) is 5.26. The molecule has 2 aromatic rings. The standard InChI is InChI=1S/C20H26N4O4/c25-19(23-9-12-27-13-10-23)14-24-16-5-2-1-4-15(16)22-18(24)7-8-21-20(26)17-6-3-11-28-17/h1-2,4-5,17H,3,6-14H2,(H,21,26). The molecule has 1 aromatic heterocycles. The number of nitrogens with one attached hydrogen (secondary N) is 1. The summed E-state index contributed by atoms with van der Waals surface area (Å²) in [4.78, 5) is 31.4. The Labute approximate surface area is 163 Å². The predicted octanol–water partition coefficient (Wildman–Crippen LogP) is 0.733. The van der Waals surface area contributed by atoms with Crippen molar-refractivity contribution in [2.24, 2.45) is 0 Å². The third-order valence-corrected chi connectivity index (χ3v) is 5.26. The van der Waals surface area contributed by atoms with Crippen LogP contribution in [-0.2, 0) is 32.0 Å². The highest BCUT2D eigenvalue weighted by Gasteiger charge is 2.24. The van der Waals surface area contributed by atoms with Crippen molar-refractivity contribution in [3.05, 3.63) is 30.1 Å². The monoisotopic (exact) mass is 386 g/mol. The van der Waals surface area contributed by atoms with E-state index in [0.717, 1.165) is 29.7 Å². The van der Waals surface area contributed by atoms with Gasteiger partial charge < -0.3 is 24.3 Å². The summed E-state index contributed by atoms with van der Waals surface area (Å²) in [6, 6.07) is 7.80. The number of fused-ring (bicyclic) bond motifs is 1. The largest absolute Gasteiger partial charge is 0.378 e. The van der Waals surface area contributed by atoms with Crippen molar-refractivity contribution in [3.63, 3.8) is 0 Å². The first-order valence-electron chi connectivity index (χ1n) is 9.91. The van der Waals surface area contributed by atoms with Gasteiger partial charge in [0.25, 0.3) is 0 Å². The van der Waals surface area contributed by atoms with E-state index in [0.29, 0.717) is 45.9 Å². The number of ether oxygens (including phenoxy) is 2. The van der Waals surface area contributed by atoms with E-state index in [1.54, 1.807) is 0 Å². The number of carbonyl (C=O) groups is 2. The van der Waals surface area contributed by atoms with E-state index in [1.165, 1.54) is 0 Å². The topological polar surface area (TPSA) is 85.7 Å². The molecule has 0 bridgehead atoms. The molecule has 2 aliphatic rings. The number of aromatic nitrogens is 2. The fraction of sp³-hybridized carbons (Fsp3) is 0.550. The molecule has 0 aliphatic carbocycles. The Bertz CT molecular complexity index is 838. The van der Waals surface area contributed by atoms with Crippen molar-refractivity contribution in [2.75, 3.05) is 39.5 Å². The molecule has 2 aliphatic heterocycles. The Hall–Kier alpha value is -2.45. The molecule has 2 saturated heterocycles. The molecule has 2 amide bonds. The molecule has 0 spiro atoms. The van der Waals surface area contributed by atoms with Gasteiger partial charge in [-0.05, 0) is 25.0 Å². The normalized spacial score (nSPS) is 19.9. The quantitative estimate of drug-likeness (QED) is 0.791. The summed E-state index contributed by atoms with van der Waals surface area (Å²) in [5, 5.41) is 2.93. The number of benzene rings is 1. The Kier molecular flexibility index (Phi) is 5.87. The van der Waals surface area contributed by atoms with Crippen LogP contribution in [0.2, 0.25) is 0 Å². The van der Waals surface area contributed by atoms with Crippen LogP contribution in [0.5, 0.6) is 0 Å². The van der Waals surface area contributed by atoms with Crippen LogP contribution in [0.25, 0.3) is 11.0 Å². The van der Waals surface area contributed by atoms with Gasteiger partial charge in [0.1, 0.15) is 18.5 Å². The smallest absolute Gasteiger partial charge is 0.249 e. The van der Waals surface area contributed by atoms with Crippen LogP contribution in [0.4, 0.5) is 0 Å². The SMILES string of the molecule is O=C(NCCc1nc2ccccc2n1CC(=O)N1CCOCC1)C1CCCO1. The number of hydrogen-bond acceptors (Lipinski definition) is 5. The molecule has 1 atom stereocenters. The molecule has 150 valence electrons. The number of rotatable bonds is 6. The van der Waals surface area contributed by atoms with Crippen LogP contribution in [0, 0.1) is 0 Å². The van der Waals surface area contributed by atoms with E-state index >= 15 is 0 Å². The summed E-state index contributed by atoms with van der Waals surface area (Å²) in [6.45, 7) is 3.77. The molecule has 0 saturated carbocycles. The molecule has 28 heavy (non-hydrogen) atoms. The fourth-order valence-corrected chi connectivity index (χ4v) is 3.74. The van der Waals surface area contributed by atoms with Crippen molar-refractivity contribution in [3.8, 4) is 0 Å². The summed E-state index contributed by atoms with van der Waals surface area (Å²) in [5.74, 6) is 0.802. The first-order valence-corrected chi connectivity index (χ1v) is 9.91. The summed E-state index contributed by atoms with van der Waals surface area (Å²) in [5.41, 5.74) is 1.79. The van der Waals surface area contributed by atoms with Gasteiger partial charge in [-0.2, -0.15) is 0 Å². The summed E-state index contributed by atoms with van der Waals surface area (Å²) in [6.07, 6.45) is 1.93. The van der Waals surface area contributed by atoms with Gasteiger partial charge in [-0.15, -0.1) is 0 Å². The van der Waals surface area contributed by atoms with E-state index in [-0.39, 0.29) is 24.5 Å². The molecule has 8 heteroatoms. The minimum atomic E-state index is -0.332. The molecule has 1 N–H and O–H groups in total. The number of carbonyl (C=O) groups excluding carboxylic acids is 2. The Morgan fingerprint density at radius 3 is 2.79 bits per heavy atom. The highest BCUT2D eigenvalue weighted by molar-refractivity contribution is 5.82. The van der Waals surface area contributed by atoms with Crippen LogP contribution >= 0.6 is 0 Å². The zero-order chi connectivity index (χ0) is 19.3. The minimum absolute atomic E-state index is 0.0652. The summed E-state index contributed by atoms with van der Waals surface area (Å²) < 4.78 is 12.7. The second-order valence-corrected chi connectivity index (χ2v) is 7.14. The number of amides is 2. The zero-order valence-electron chi connectivity index (χ0n) is 15.9. The second kappa shape index (κ2) is 8.70. The van der Waals surface area contributed by atoms with Crippen LogP contribution in [0.15, 0.2) is 24.3 Å². The van der Waals surface area contributed by atoms with Gasteiger partial charge in [-0.1, -0.05) is 12.1 Å². The van der Waals surface area contributed by atoms with E-state index in [9.17, 15) is 9.59 Å². The average molecular weight is 386 g/mol. The van der Waals surface area contributed by atoms with Gasteiger partial charge in [0, 0.05) is 32.7 Å². The molecule has 1 aromatic carbocycles. The van der Waals surface area contributed by atoms with E-state index < -0.39 is 0 Å². The lowest BCUT2D eigenvalue weighted by molar-refractivity contribution is -0.136. The predicted molar refractivity (Wildman–Crippen MR) is 103 cm³/mol. The maximum Gasteiger partial charge on any atom is 0.249 e. The second-order valence-electron chi connectivity index (χ2n) is 7.14. The highest BCUT2D eigenvalue weighted by Crippen LogP contribution is 2.17. The van der Waals surface area contributed by atoms with Gasteiger partial charge in [-0.3, -0.25) is 9.59 Å². The zero-order valence-corrected chi connectivity index (χ0v) is 15.9. The molecule has 0 radical (unpaired) electrons. The van der Waals surface area contributed by atoms with E-state index in [4.69, 9.17) is 14.5 Å². The number of nitrogens with zero attached hydrogens (tertiary/aromatic N) is 3. The van der Waals surface area contributed by atoms with Crippen molar-refractivity contribution in [1.29, 1.82) is 0 Å². The Balaban J connectivity index is 1.45. The van der Waals surface area contributed by atoms with Crippen molar-refractivity contribution >= 4 is 22.8 Å². The number of para-hydroxylation sites is 2. The number of imidazole rings is 1. The van der Waals surface area contributed by atoms with Crippen LogP contribution in [0.1, 0.15) is 18.7 Å². The summed E-state index contributed by atoms with van der Waals surface area (Å²) in [7, 11) is 0. The van der Waals surface area contributed by atoms with Crippen molar-refractivity contribution < 1.29 is 19.1 Å². The minimum Gasteiger partial charge on any atom is -0.378 e. The Morgan fingerprint density at radius 2 is 2.00 bits per heavy atom. The molecular formula is C20H26N4O4.